The number of para-hydroxylation sites is 1. The van der Waals surface area contributed by atoms with Crippen molar-refractivity contribution in [2.45, 2.75) is 6.61 Å². The molecule has 0 saturated heterocycles. The Morgan fingerprint density at radius 1 is 1.02 bits per heavy atom. The third kappa shape index (κ3) is 5.59. The van der Waals surface area contributed by atoms with E-state index in [1.165, 1.54) is 18.0 Å². The summed E-state index contributed by atoms with van der Waals surface area (Å²) >= 11 is 16.1. The van der Waals surface area contributed by atoms with Gasteiger partial charge in [0.1, 0.15) is 12.2 Å². The average Bonchev–Trinajstić information content (AvgIpc) is 3.39. The van der Waals surface area contributed by atoms with Crippen LogP contribution in [0.25, 0.3) is 33.5 Å². The van der Waals surface area contributed by atoms with E-state index in [1.807, 2.05) is 42.5 Å². The minimum Gasteiger partial charge on any atom is -0.493 e. The molecular formula is C31H20BrCl2N3O4. The van der Waals surface area contributed by atoms with E-state index < -0.39 is 0 Å². The first-order chi connectivity index (χ1) is 19.9. The zero-order valence-electron chi connectivity index (χ0n) is 21.5. The molecule has 0 amide bonds. The van der Waals surface area contributed by atoms with Gasteiger partial charge in [0, 0.05) is 14.9 Å². The number of rotatable bonds is 7. The van der Waals surface area contributed by atoms with Crippen LogP contribution < -0.4 is 15.0 Å². The van der Waals surface area contributed by atoms with Crippen LogP contribution in [0.5, 0.6) is 11.5 Å². The van der Waals surface area contributed by atoms with Crippen LogP contribution in [0.1, 0.15) is 11.1 Å². The second kappa shape index (κ2) is 11.4. The Labute approximate surface area is 252 Å². The van der Waals surface area contributed by atoms with E-state index >= 15 is 0 Å². The highest BCUT2D eigenvalue weighted by molar-refractivity contribution is 9.10. The number of aromatic nitrogens is 2. The van der Waals surface area contributed by atoms with E-state index in [1.54, 1.807) is 42.5 Å². The zero-order valence-corrected chi connectivity index (χ0v) is 24.6. The van der Waals surface area contributed by atoms with Gasteiger partial charge in [0.15, 0.2) is 17.3 Å². The summed E-state index contributed by atoms with van der Waals surface area (Å²) in [5.41, 5.74) is 2.36. The Balaban J connectivity index is 1.39. The fourth-order valence-corrected chi connectivity index (χ4v) is 5.11. The van der Waals surface area contributed by atoms with Crippen LogP contribution in [-0.4, -0.2) is 23.0 Å². The van der Waals surface area contributed by atoms with Gasteiger partial charge in [-0.2, -0.15) is 9.78 Å². The smallest absolute Gasteiger partial charge is 0.282 e. The fraction of sp³-hybridized carbons (Fsp3) is 0.0645. The topological polar surface area (TPSA) is 78.9 Å². The molecule has 0 aliphatic heterocycles. The molecule has 2 aromatic heterocycles. The molecule has 4 aromatic carbocycles. The minimum atomic E-state index is -0.343. The Bertz CT molecular complexity index is 2000. The van der Waals surface area contributed by atoms with Gasteiger partial charge in [-0.05, 0) is 71.8 Å². The second-order valence-corrected chi connectivity index (χ2v) is 10.8. The van der Waals surface area contributed by atoms with Crippen molar-refractivity contribution in [3.63, 3.8) is 0 Å². The van der Waals surface area contributed by atoms with E-state index in [9.17, 15) is 4.79 Å². The summed E-state index contributed by atoms with van der Waals surface area (Å²) in [6.07, 6.45) is 1.51. The maximum Gasteiger partial charge on any atom is 0.282 e. The molecule has 0 spiro atoms. The predicted octanol–water partition coefficient (Wildman–Crippen LogP) is 8.35. The van der Waals surface area contributed by atoms with Crippen LogP contribution in [0.3, 0.4) is 0 Å². The molecule has 2 heterocycles. The minimum absolute atomic E-state index is 0.262. The largest absolute Gasteiger partial charge is 0.493 e. The third-order valence-electron chi connectivity index (χ3n) is 6.32. The van der Waals surface area contributed by atoms with Crippen molar-refractivity contribution in [1.29, 1.82) is 0 Å². The number of nitrogens with zero attached hydrogens (tertiary/aromatic N) is 3. The highest BCUT2D eigenvalue weighted by Gasteiger charge is 2.17. The Morgan fingerprint density at radius 3 is 2.63 bits per heavy atom. The molecule has 0 bridgehead atoms. The van der Waals surface area contributed by atoms with Crippen LogP contribution >= 0.6 is 39.1 Å². The van der Waals surface area contributed by atoms with Crippen molar-refractivity contribution in [2.75, 3.05) is 7.11 Å². The van der Waals surface area contributed by atoms with E-state index in [-0.39, 0.29) is 18.0 Å². The fourth-order valence-electron chi connectivity index (χ4n) is 4.33. The molecule has 204 valence electrons. The normalized spacial score (nSPS) is 11.5. The zero-order chi connectivity index (χ0) is 28.5. The molecule has 10 heteroatoms. The number of fused-ring (bicyclic) bond motifs is 2. The number of benzene rings is 4. The van der Waals surface area contributed by atoms with Gasteiger partial charge in [-0.1, -0.05) is 63.4 Å². The summed E-state index contributed by atoms with van der Waals surface area (Å²) in [7, 11) is 1.53. The van der Waals surface area contributed by atoms with Crippen LogP contribution in [0, 0.1) is 0 Å². The van der Waals surface area contributed by atoms with Crippen LogP contribution in [0.15, 0.2) is 104 Å². The van der Waals surface area contributed by atoms with E-state index in [2.05, 4.69) is 21.0 Å². The third-order valence-corrected chi connectivity index (χ3v) is 7.35. The standard InChI is InChI=1S/C31H20BrCl2N3O4/c1-39-27-13-19(12-24(34)29(27)40-17-18-6-9-22(33)10-7-18)16-35-37-30(36-25-5-3-2-4-23(25)31(37)38)28-15-20-14-21(32)8-11-26(20)41-28/h2-16H,17H2,1H3. The van der Waals surface area contributed by atoms with Gasteiger partial charge < -0.3 is 13.9 Å². The average molecular weight is 649 g/mol. The summed E-state index contributed by atoms with van der Waals surface area (Å²) in [5.74, 6) is 1.47. The maximum absolute atomic E-state index is 13.6. The lowest BCUT2D eigenvalue weighted by atomic mass is 10.2. The van der Waals surface area contributed by atoms with Crippen LogP contribution in [-0.2, 0) is 6.61 Å². The van der Waals surface area contributed by atoms with Gasteiger partial charge >= 0.3 is 0 Å². The summed E-state index contributed by atoms with van der Waals surface area (Å²) in [5, 5.41) is 6.77. The molecule has 0 N–H and O–H groups in total. The van der Waals surface area contributed by atoms with Crippen molar-refractivity contribution < 1.29 is 13.9 Å². The van der Waals surface area contributed by atoms with Crippen molar-refractivity contribution >= 4 is 67.2 Å². The molecule has 6 aromatic rings. The van der Waals surface area contributed by atoms with Crippen LogP contribution in [0.4, 0.5) is 0 Å². The SMILES string of the molecule is COc1cc(C=Nn2c(-c3cc4cc(Br)ccc4o3)nc3ccccc3c2=O)cc(Cl)c1OCc1ccc(Cl)cc1. The number of ether oxygens (including phenoxy) is 2. The highest BCUT2D eigenvalue weighted by Crippen LogP contribution is 2.37. The quantitative estimate of drug-likeness (QED) is 0.163. The first-order valence-electron chi connectivity index (χ1n) is 12.4. The lowest BCUT2D eigenvalue weighted by Crippen LogP contribution is -2.20. The second-order valence-electron chi connectivity index (χ2n) is 9.06. The molecule has 0 aliphatic carbocycles. The number of methoxy groups -OCH3 is 1. The molecule has 0 atom stereocenters. The molecule has 0 fully saturated rings. The number of hydrogen-bond donors (Lipinski definition) is 0. The highest BCUT2D eigenvalue weighted by atomic mass is 79.9. The summed E-state index contributed by atoms with van der Waals surface area (Å²) in [4.78, 5) is 18.3. The lowest BCUT2D eigenvalue weighted by Gasteiger charge is -2.13. The van der Waals surface area contributed by atoms with Gasteiger partial charge in [0.2, 0.25) is 5.82 Å². The summed E-state index contributed by atoms with van der Waals surface area (Å²) in [6, 6.07) is 25.3. The lowest BCUT2D eigenvalue weighted by molar-refractivity contribution is 0.284. The van der Waals surface area contributed by atoms with Gasteiger partial charge in [-0.3, -0.25) is 4.79 Å². The van der Waals surface area contributed by atoms with Crippen molar-refractivity contribution in [2.24, 2.45) is 5.10 Å². The summed E-state index contributed by atoms with van der Waals surface area (Å²) < 4.78 is 19.7. The first kappa shape index (κ1) is 27.1. The first-order valence-corrected chi connectivity index (χ1v) is 13.9. The number of halogens is 3. The molecule has 0 saturated carbocycles. The van der Waals surface area contributed by atoms with Gasteiger partial charge in [-0.25, -0.2) is 4.98 Å². The van der Waals surface area contributed by atoms with Crippen molar-refractivity contribution in [1.82, 2.24) is 9.66 Å². The molecular weight excluding hydrogens is 629 g/mol. The van der Waals surface area contributed by atoms with Crippen LogP contribution in [0.2, 0.25) is 10.0 Å². The van der Waals surface area contributed by atoms with Gasteiger partial charge in [-0.15, -0.1) is 0 Å². The molecule has 6 rings (SSSR count). The Kier molecular flexibility index (Phi) is 7.53. The monoisotopic (exact) mass is 647 g/mol. The van der Waals surface area contributed by atoms with E-state index in [4.69, 9.17) is 42.1 Å². The molecule has 7 nitrogen and oxygen atoms in total. The molecule has 0 aliphatic rings. The molecule has 41 heavy (non-hydrogen) atoms. The molecule has 0 radical (unpaired) electrons. The van der Waals surface area contributed by atoms with Crippen molar-refractivity contribution in [3.8, 4) is 23.1 Å². The molecule has 0 unspecified atom stereocenters. The number of hydrogen-bond acceptors (Lipinski definition) is 6. The number of furan rings is 1. The van der Waals surface area contributed by atoms with Crippen molar-refractivity contribution in [3.05, 3.63) is 121 Å². The predicted molar refractivity (Wildman–Crippen MR) is 166 cm³/mol. The van der Waals surface area contributed by atoms with E-state index in [0.29, 0.717) is 49.4 Å². The van der Waals surface area contributed by atoms with E-state index in [0.717, 1.165) is 15.4 Å². The maximum atomic E-state index is 13.6. The Morgan fingerprint density at radius 2 is 1.83 bits per heavy atom. The Hall–Kier alpha value is -4.11. The summed E-state index contributed by atoms with van der Waals surface area (Å²) in [6.45, 7) is 0.274. The van der Waals surface area contributed by atoms with Gasteiger partial charge in [0.25, 0.3) is 5.56 Å². The van der Waals surface area contributed by atoms with Gasteiger partial charge in [0.05, 0.1) is 29.2 Å².